The maximum atomic E-state index is 12.2. The van der Waals surface area contributed by atoms with Crippen molar-refractivity contribution in [3.8, 4) is 0 Å². The van der Waals surface area contributed by atoms with E-state index in [2.05, 4.69) is 4.72 Å². The molecule has 0 radical (unpaired) electrons. The quantitative estimate of drug-likeness (QED) is 0.833. The number of hydrogen-bond acceptors (Lipinski definition) is 4. The Morgan fingerprint density at radius 1 is 1.48 bits per heavy atom. The second-order valence-electron chi connectivity index (χ2n) is 5.37. The van der Waals surface area contributed by atoms with Crippen molar-refractivity contribution in [3.63, 3.8) is 0 Å². The van der Waals surface area contributed by atoms with E-state index in [4.69, 9.17) is 5.73 Å². The predicted octanol–water partition coefficient (Wildman–Crippen LogP) is 0.611. The molecule has 7 heteroatoms. The predicted molar refractivity (Wildman–Crippen MR) is 81.6 cm³/mol. The number of nitrogens with two attached hydrogens (primary N) is 1. The number of carbonyl (C=O) groups is 1. The summed E-state index contributed by atoms with van der Waals surface area (Å²) in [4.78, 5) is 13.4. The summed E-state index contributed by atoms with van der Waals surface area (Å²) >= 11 is 0. The third-order valence-corrected chi connectivity index (χ3v) is 4.99. The highest BCUT2D eigenvalue weighted by Gasteiger charge is 2.24. The fourth-order valence-corrected chi connectivity index (χ4v) is 3.47. The number of benzene rings is 1. The van der Waals surface area contributed by atoms with Crippen molar-refractivity contribution >= 4 is 21.6 Å². The summed E-state index contributed by atoms with van der Waals surface area (Å²) in [6, 6.07) is 4.84. The maximum absolute atomic E-state index is 12.2. The monoisotopic (exact) mass is 311 g/mol. The Bertz CT molecular complexity index is 641. The van der Waals surface area contributed by atoms with E-state index in [1.54, 1.807) is 17.0 Å². The van der Waals surface area contributed by atoms with E-state index < -0.39 is 10.0 Å². The maximum Gasteiger partial charge on any atom is 0.240 e. The number of anilines is 1. The molecular formula is C14H21N3O3S. The minimum absolute atomic E-state index is 0.0283. The first-order valence-corrected chi connectivity index (χ1v) is 8.46. The Balaban J connectivity index is 2.17. The molecular weight excluding hydrogens is 290 g/mol. The Kier molecular flexibility index (Phi) is 4.65. The van der Waals surface area contributed by atoms with Crippen molar-refractivity contribution in [2.24, 2.45) is 5.73 Å². The van der Waals surface area contributed by atoms with Crippen LogP contribution in [0.25, 0.3) is 0 Å². The van der Waals surface area contributed by atoms with Crippen LogP contribution in [-0.2, 0) is 21.2 Å². The van der Waals surface area contributed by atoms with Crippen molar-refractivity contribution in [2.45, 2.75) is 37.6 Å². The number of hydrogen-bond donors (Lipinski definition) is 2. The first-order valence-electron chi connectivity index (χ1n) is 6.97. The first-order chi connectivity index (χ1) is 9.81. The topological polar surface area (TPSA) is 92.5 Å². The fourth-order valence-electron chi connectivity index (χ4n) is 2.38. The van der Waals surface area contributed by atoms with Gasteiger partial charge in [0.1, 0.15) is 0 Å². The highest BCUT2D eigenvalue weighted by Crippen LogP contribution is 2.30. The number of amides is 1. The van der Waals surface area contributed by atoms with E-state index in [1.165, 1.54) is 13.0 Å². The number of rotatable bonds is 5. The van der Waals surface area contributed by atoms with Crippen LogP contribution < -0.4 is 15.4 Å². The van der Waals surface area contributed by atoms with Gasteiger partial charge in [0.15, 0.2) is 0 Å². The molecule has 3 N–H and O–H groups in total. The molecule has 2 rings (SSSR count). The molecule has 1 heterocycles. The molecule has 0 bridgehead atoms. The van der Waals surface area contributed by atoms with E-state index in [-0.39, 0.29) is 16.8 Å². The molecule has 1 atom stereocenters. The van der Waals surface area contributed by atoms with Gasteiger partial charge < -0.3 is 10.6 Å². The summed E-state index contributed by atoms with van der Waals surface area (Å²) in [5.74, 6) is -0.0283. The van der Waals surface area contributed by atoms with E-state index in [1.807, 2.05) is 6.92 Å². The molecule has 1 amide bonds. The largest absolute Gasteiger partial charge is 0.328 e. The van der Waals surface area contributed by atoms with Crippen molar-refractivity contribution in [3.05, 3.63) is 23.8 Å². The average molecular weight is 311 g/mol. The van der Waals surface area contributed by atoms with Crippen molar-refractivity contribution in [2.75, 3.05) is 18.0 Å². The summed E-state index contributed by atoms with van der Waals surface area (Å²) in [5, 5.41) is 0. The van der Waals surface area contributed by atoms with Crippen molar-refractivity contribution in [1.82, 2.24) is 4.72 Å². The molecule has 21 heavy (non-hydrogen) atoms. The number of nitrogens with zero attached hydrogens (tertiary/aromatic N) is 1. The molecule has 1 aromatic carbocycles. The molecule has 0 saturated carbocycles. The van der Waals surface area contributed by atoms with Crippen LogP contribution in [-0.4, -0.2) is 33.5 Å². The van der Waals surface area contributed by atoms with Crippen LogP contribution in [0.4, 0.5) is 5.69 Å². The van der Waals surface area contributed by atoms with Gasteiger partial charge in [-0.1, -0.05) is 0 Å². The van der Waals surface area contributed by atoms with Crippen molar-refractivity contribution in [1.29, 1.82) is 0 Å². The molecule has 0 fully saturated rings. The van der Waals surface area contributed by atoms with E-state index in [0.717, 1.165) is 11.3 Å². The van der Waals surface area contributed by atoms with Gasteiger partial charge in [0.05, 0.1) is 4.90 Å². The lowest BCUT2D eigenvalue weighted by atomic mass is 10.2. The summed E-state index contributed by atoms with van der Waals surface area (Å²) in [6.45, 7) is 4.26. The molecule has 1 aliphatic rings. The van der Waals surface area contributed by atoms with Gasteiger partial charge in [-0.3, -0.25) is 4.79 Å². The van der Waals surface area contributed by atoms with Crippen LogP contribution in [0.1, 0.15) is 25.8 Å². The van der Waals surface area contributed by atoms with Crippen LogP contribution in [0, 0.1) is 0 Å². The zero-order valence-corrected chi connectivity index (χ0v) is 13.1. The van der Waals surface area contributed by atoms with E-state index >= 15 is 0 Å². The molecule has 0 aliphatic carbocycles. The Morgan fingerprint density at radius 2 is 2.19 bits per heavy atom. The number of fused-ring (bicyclic) bond motifs is 1. The SMILES string of the molecule is CC(=O)N1CCc2cc(S(=O)(=O)NCCC(C)N)ccc21. The van der Waals surface area contributed by atoms with Crippen LogP contribution in [0.2, 0.25) is 0 Å². The molecule has 0 spiro atoms. The van der Waals surface area contributed by atoms with Gasteiger partial charge in [0, 0.05) is 31.7 Å². The summed E-state index contributed by atoms with van der Waals surface area (Å²) in [7, 11) is -3.52. The summed E-state index contributed by atoms with van der Waals surface area (Å²) in [5.41, 5.74) is 7.30. The fraction of sp³-hybridized carbons (Fsp3) is 0.500. The minimum atomic E-state index is -3.52. The lowest BCUT2D eigenvalue weighted by molar-refractivity contribution is -0.116. The van der Waals surface area contributed by atoms with Crippen LogP contribution in [0.15, 0.2) is 23.1 Å². The third-order valence-electron chi connectivity index (χ3n) is 3.53. The van der Waals surface area contributed by atoms with Gasteiger partial charge in [-0.25, -0.2) is 13.1 Å². The minimum Gasteiger partial charge on any atom is -0.328 e. The molecule has 1 aliphatic heterocycles. The highest BCUT2D eigenvalue weighted by atomic mass is 32.2. The van der Waals surface area contributed by atoms with Gasteiger partial charge in [-0.15, -0.1) is 0 Å². The zero-order chi connectivity index (χ0) is 15.6. The Morgan fingerprint density at radius 3 is 2.81 bits per heavy atom. The molecule has 0 aromatic heterocycles. The smallest absolute Gasteiger partial charge is 0.240 e. The van der Waals surface area contributed by atoms with Gasteiger partial charge >= 0.3 is 0 Å². The first kappa shape index (κ1) is 15.9. The molecule has 0 saturated heterocycles. The normalized spacial score (nSPS) is 15.9. The second kappa shape index (κ2) is 6.13. The Hall–Kier alpha value is -1.44. The third kappa shape index (κ3) is 3.61. The standard InChI is InChI=1S/C14H21N3O3S/c1-10(15)5-7-16-21(19,20)13-3-4-14-12(9-13)6-8-17(14)11(2)18/h3-4,9-10,16H,5-8,15H2,1-2H3. The summed E-state index contributed by atoms with van der Waals surface area (Å²) in [6.07, 6.45) is 1.26. The lowest BCUT2D eigenvalue weighted by Crippen LogP contribution is -2.29. The van der Waals surface area contributed by atoms with Gasteiger partial charge in [0.2, 0.25) is 15.9 Å². The number of nitrogens with one attached hydrogen (secondary N) is 1. The van der Waals surface area contributed by atoms with Crippen LogP contribution in [0.3, 0.4) is 0 Å². The second-order valence-corrected chi connectivity index (χ2v) is 7.14. The number of carbonyl (C=O) groups excluding carboxylic acids is 1. The molecule has 1 unspecified atom stereocenters. The highest BCUT2D eigenvalue weighted by molar-refractivity contribution is 7.89. The van der Waals surface area contributed by atoms with Crippen LogP contribution >= 0.6 is 0 Å². The van der Waals surface area contributed by atoms with Gasteiger partial charge in [-0.2, -0.15) is 0 Å². The van der Waals surface area contributed by atoms with E-state index in [0.29, 0.717) is 25.9 Å². The van der Waals surface area contributed by atoms with Gasteiger partial charge in [-0.05, 0) is 43.5 Å². The van der Waals surface area contributed by atoms with Crippen molar-refractivity contribution < 1.29 is 13.2 Å². The average Bonchev–Trinajstić information content (AvgIpc) is 2.80. The summed E-state index contributed by atoms with van der Waals surface area (Å²) < 4.78 is 26.9. The van der Waals surface area contributed by atoms with E-state index in [9.17, 15) is 13.2 Å². The zero-order valence-electron chi connectivity index (χ0n) is 12.3. The Labute approximate surface area is 125 Å². The lowest BCUT2D eigenvalue weighted by Gasteiger charge is -2.15. The number of sulfonamides is 1. The van der Waals surface area contributed by atoms with Crippen LogP contribution in [0.5, 0.6) is 0 Å². The molecule has 1 aromatic rings. The van der Waals surface area contributed by atoms with Gasteiger partial charge in [0.25, 0.3) is 0 Å². The molecule has 6 nitrogen and oxygen atoms in total. The molecule has 116 valence electrons.